The molecule has 3 atom stereocenters. The minimum absolute atomic E-state index is 0.0755. The second kappa shape index (κ2) is 5.38. The zero-order chi connectivity index (χ0) is 8.85. The molecule has 0 saturated heterocycles. The van der Waals surface area contributed by atoms with E-state index in [1.54, 1.807) is 0 Å². The average molecular weight is 172 g/mol. The van der Waals surface area contributed by atoms with Crippen LogP contribution in [0.5, 0.6) is 0 Å². The molecule has 4 heteroatoms. The molecule has 68 valence electrons. The van der Waals surface area contributed by atoms with Crippen LogP contribution in [0, 0.1) is 0 Å². The molecule has 0 fully saturated rings. The van der Waals surface area contributed by atoms with E-state index < -0.39 is 31.6 Å². The van der Waals surface area contributed by atoms with Crippen molar-refractivity contribution >= 4 is 0 Å². The lowest BCUT2D eigenvalue weighted by Gasteiger charge is -2.14. The smallest absolute Gasteiger partial charge is 0.162 e. The second-order valence-corrected chi connectivity index (χ2v) is 2.36. The summed E-state index contributed by atoms with van der Waals surface area (Å²) in [7, 11) is 0. The highest BCUT2D eigenvalue weighted by atomic mass is 19.2. The van der Waals surface area contributed by atoms with Crippen molar-refractivity contribution in [3.8, 4) is 0 Å². The maximum Gasteiger partial charge on any atom is 0.162 e. The summed E-state index contributed by atoms with van der Waals surface area (Å²) < 4.78 is 48.6. The molecule has 2 unspecified atom stereocenters. The van der Waals surface area contributed by atoms with Gasteiger partial charge in [0.25, 0.3) is 0 Å². The Morgan fingerprint density at radius 2 is 1.64 bits per heavy atom. The van der Waals surface area contributed by atoms with E-state index in [0.29, 0.717) is 0 Å². The van der Waals surface area contributed by atoms with E-state index in [1.807, 2.05) is 0 Å². The molecule has 0 aliphatic carbocycles. The van der Waals surface area contributed by atoms with E-state index in [-0.39, 0.29) is 6.42 Å². The van der Waals surface area contributed by atoms with Gasteiger partial charge < -0.3 is 0 Å². The van der Waals surface area contributed by atoms with Crippen molar-refractivity contribution in [2.75, 3.05) is 6.67 Å². The molecule has 0 heterocycles. The van der Waals surface area contributed by atoms with Crippen LogP contribution in [0.4, 0.5) is 17.6 Å². The van der Waals surface area contributed by atoms with Gasteiger partial charge in [-0.25, -0.2) is 13.2 Å². The van der Waals surface area contributed by atoms with Gasteiger partial charge in [0.2, 0.25) is 0 Å². The van der Waals surface area contributed by atoms with Crippen molar-refractivity contribution in [2.45, 2.75) is 38.3 Å². The van der Waals surface area contributed by atoms with Crippen molar-refractivity contribution in [1.29, 1.82) is 0 Å². The predicted molar refractivity (Wildman–Crippen MR) is 35.6 cm³/mol. The third-order valence-corrected chi connectivity index (χ3v) is 1.47. The summed E-state index contributed by atoms with van der Waals surface area (Å²) in [6.07, 6.45) is -6.61. The van der Waals surface area contributed by atoms with E-state index in [2.05, 4.69) is 0 Å². The standard InChI is InChI=1S/C7H12F4/c1-2-5(9)7(11)6(10)3-4-8/h5-7H,2-4H2,1H3/t5?,6?,7-/m0/s1. The summed E-state index contributed by atoms with van der Waals surface area (Å²) in [5.74, 6) is 0. The molecule has 0 rings (SSSR count). The lowest BCUT2D eigenvalue weighted by Crippen LogP contribution is -2.27. The molecule has 0 aliphatic rings. The first kappa shape index (κ1) is 10.7. The summed E-state index contributed by atoms with van der Waals surface area (Å²) >= 11 is 0. The first-order valence-corrected chi connectivity index (χ1v) is 3.61. The topological polar surface area (TPSA) is 0 Å². The lowest BCUT2D eigenvalue weighted by molar-refractivity contribution is 0.0715. The average Bonchev–Trinajstić information content (AvgIpc) is 2.02. The fraction of sp³-hybridized carbons (Fsp3) is 1.00. The van der Waals surface area contributed by atoms with Crippen LogP contribution in [-0.2, 0) is 0 Å². The number of hydrogen-bond donors (Lipinski definition) is 0. The first-order valence-electron chi connectivity index (χ1n) is 3.61. The molecule has 0 aromatic heterocycles. The van der Waals surface area contributed by atoms with Crippen LogP contribution in [0.3, 0.4) is 0 Å². The minimum Gasteiger partial charge on any atom is -0.251 e. The molecule has 0 radical (unpaired) electrons. The predicted octanol–water partition coefficient (Wildman–Crippen LogP) is 2.77. The van der Waals surface area contributed by atoms with Crippen LogP contribution < -0.4 is 0 Å². The Balaban J connectivity index is 3.70. The normalized spacial score (nSPS) is 19.4. The van der Waals surface area contributed by atoms with Gasteiger partial charge in [0.15, 0.2) is 6.17 Å². The van der Waals surface area contributed by atoms with Crippen molar-refractivity contribution in [2.24, 2.45) is 0 Å². The fourth-order valence-electron chi connectivity index (χ4n) is 0.715. The Hall–Kier alpha value is -0.280. The van der Waals surface area contributed by atoms with E-state index in [1.165, 1.54) is 6.92 Å². The SMILES string of the molecule is CCC(F)[C@H](F)C(F)CCF. The van der Waals surface area contributed by atoms with Crippen LogP contribution in [-0.4, -0.2) is 25.2 Å². The van der Waals surface area contributed by atoms with Crippen LogP contribution in [0.25, 0.3) is 0 Å². The molecule has 0 saturated carbocycles. The minimum atomic E-state index is -2.17. The molecule has 0 aromatic rings. The van der Waals surface area contributed by atoms with Gasteiger partial charge in [0.1, 0.15) is 12.3 Å². The van der Waals surface area contributed by atoms with Gasteiger partial charge in [-0.05, 0) is 6.42 Å². The van der Waals surface area contributed by atoms with E-state index >= 15 is 0 Å². The summed E-state index contributed by atoms with van der Waals surface area (Å²) in [5, 5.41) is 0. The van der Waals surface area contributed by atoms with Crippen molar-refractivity contribution in [1.82, 2.24) is 0 Å². The zero-order valence-corrected chi connectivity index (χ0v) is 6.37. The molecule has 0 aliphatic heterocycles. The van der Waals surface area contributed by atoms with E-state index in [0.717, 1.165) is 0 Å². The van der Waals surface area contributed by atoms with Gasteiger partial charge in [-0.15, -0.1) is 0 Å². The summed E-state index contributed by atoms with van der Waals surface area (Å²) in [6, 6.07) is 0. The molecule has 0 aromatic carbocycles. The Morgan fingerprint density at radius 1 is 1.09 bits per heavy atom. The van der Waals surface area contributed by atoms with Gasteiger partial charge in [-0.3, -0.25) is 4.39 Å². The van der Waals surface area contributed by atoms with Gasteiger partial charge in [-0.2, -0.15) is 0 Å². The summed E-state index contributed by atoms with van der Waals surface area (Å²) in [5.41, 5.74) is 0. The van der Waals surface area contributed by atoms with Crippen LogP contribution in [0.2, 0.25) is 0 Å². The maximum atomic E-state index is 12.5. The zero-order valence-electron chi connectivity index (χ0n) is 6.37. The molecule has 0 nitrogen and oxygen atoms in total. The van der Waals surface area contributed by atoms with Gasteiger partial charge in [0.05, 0.1) is 6.67 Å². The molecule has 0 N–H and O–H groups in total. The van der Waals surface area contributed by atoms with E-state index in [9.17, 15) is 17.6 Å². The van der Waals surface area contributed by atoms with Crippen LogP contribution >= 0.6 is 0 Å². The van der Waals surface area contributed by atoms with Crippen LogP contribution in [0.15, 0.2) is 0 Å². The van der Waals surface area contributed by atoms with Crippen molar-refractivity contribution < 1.29 is 17.6 Å². The third kappa shape index (κ3) is 3.58. The maximum absolute atomic E-state index is 12.5. The molecular formula is C7H12F4. The highest BCUT2D eigenvalue weighted by Crippen LogP contribution is 2.17. The highest BCUT2D eigenvalue weighted by molar-refractivity contribution is 4.75. The fourth-order valence-corrected chi connectivity index (χ4v) is 0.715. The summed E-state index contributed by atoms with van der Waals surface area (Å²) in [4.78, 5) is 0. The Kier molecular flexibility index (Phi) is 5.24. The molecule has 0 bridgehead atoms. The Morgan fingerprint density at radius 3 is 2.00 bits per heavy atom. The summed E-state index contributed by atoms with van der Waals surface area (Å²) in [6.45, 7) is 0.470. The molecule has 0 spiro atoms. The first-order chi connectivity index (χ1) is 5.13. The lowest BCUT2D eigenvalue weighted by atomic mass is 10.1. The third-order valence-electron chi connectivity index (χ3n) is 1.47. The van der Waals surface area contributed by atoms with Crippen molar-refractivity contribution in [3.05, 3.63) is 0 Å². The number of halogens is 4. The van der Waals surface area contributed by atoms with Crippen LogP contribution in [0.1, 0.15) is 19.8 Å². The highest BCUT2D eigenvalue weighted by Gasteiger charge is 2.27. The van der Waals surface area contributed by atoms with Crippen molar-refractivity contribution in [3.63, 3.8) is 0 Å². The second-order valence-electron chi connectivity index (χ2n) is 2.36. The molecular weight excluding hydrogens is 160 g/mol. The molecule has 0 amide bonds. The Bertz CT molecular complexity index is 96.4. The quantitative estimate of drug-likeness (QED) is 0.559. The number of hydrogen-bond acceptors (Lipinski definition) is 0. The Labute approximate surface area is 63.6 Å². The van der Waals surface area contributed by atoms with Gasteiger partial charge in [0, 0.05) is 6.42 Å². The number of alkyl halides is 4. The van der Waals surface area contributed by atoms with Gasteiger partial charge in [-0.1, -0.05) is 6.92 Å². The van der Waals surface area contributed by atoms with Gasteiger partial charge >= 0.3 is 0 Å². The largest absolute Gasteiger partial charge is 0.251 e. The van der Waals surface area contributed by atoms with E-state index in [4.69, 9.17) is 0 Å². The monoisotopic (exact) mass is 172 g/mol. The number of rotatable bonds is 5. The molecule has 11 heavy (non-hydrogen) atoms.